The van der Waals surface area contributed by atoms with Crippen molar-refractivity contribution in [2.45, 2.75) is 12.6 Å². The Kier molecular flexibility index (Phi) is 6.35. The number of amides is 1. The molecule has 134 valence electrons. The van der Waals surface area contributed by atoms with E-state index in [1.54, 1.807) is 19.2 Å². The zero-order valence-corrected chi connectivity index (χ0v) is 13.6. The van der Waals surface area contributed by atoms with Gasteiger partial charge in [-0.3, -0.25) is 9.78 Å². The molecule has 1 aromatic heterocycles. The quantitative estimate of drug-likeness (QED) is 0.743. The molecule has 8 heteroatoms. The second-order valence-corrected chi connectivity index (χ2v) is 5.23. The highest BCUT2D eigenvalue weighted by molar-refractivity contribution is 6.03. The van der Waals surface area contributed by atoms with Crippen LogP contribution in [0.2, 0.25) is 0 Å². The molecular formula is C17H18F3N3O2. The molecule has 2 aromatic rings. The number of alkyl halides is 3. The first kappa shape index (κ1) is 18.7. The average Bonchev–Trinajstić information content (AvgIpc) is 2.59. The third-order valence-electron chi connectivity index (χ3n) is 3.32. The van der Waals surface area contributed by atoms with Crippen LogP contribution < -0.4 is 10.6 Å². The number of anilines is 2. The maximum Gasteiger partial charge on any atom is 0.416 e. The van der Waals surface area contributed by atoms with Gasteiger partial charge in [0.1, 0.15) is 5.69 Å². The molecule has 1 heterocycles. The van der Waals surface area contributed by atoms with E-state index in [2.05, 4.69) is 15.6 Å². The second kappa shape index (κ2) is 8.48. The number of aromatic nitrogens is 1. The molecule has 5 nitrogen and oxygen atoms in total. The van der Waals surface area contributed by atoms with Crippen LogP contribution in [0, 0.1) is 0 Å². The lowest BCUT2D eigenvalue weighted by atomic mass is 10.2. The van der Waals surface area contributed by atoms with Crippen molar-refractivity contribution in [3.05, 3.63) is 53.9 Å². The van der Waals surface area contributed by atoms with Crippen molar-refractivity contribution in [3.63, 3.8) is 0 Å². The van der Waals surface area contributed by atoms with Crippen molar-refractivity contribution < 1.29 is 22.7 Å². The van der Waals surface area contributed by atoms with Crippen molar-refractivity contribution in [3.8, 4) is 0 Å². The van der Waals surface area contributed by atoms with E-state index in [0.717, 1.165) is 24.2 Å². The Morgan fingerprint density at radius 2 is 1.88 bits per heavy atom. The molecule has 1 amide bonds. The van der Waals surface area contributed by atoms with E-state index in [1.807, 2.05) is 0 Å². The summed E-state index contributed by atoms with van der Waals surface area (Å²) in [5.74, 6) is -0.500. The SMILES string of the molecule is COCCCNc1ccnc(C(=O)Nc2ccc(C(F)(F)F)cc2)c1. The van der Waals surface area contributed by atoms with Crippen LogP contribution in [0.4, 0.5) is 24.5 Å². The van der Waals surface area contributed by atoms with Gasteiger partial charge in [0.05, 0.1) is 5.56 Å². The zero-order chi connectivity index (χ0) is 18.3. The summed E-state index contributed by atoms with van der Waals surface area (Å²) in [5, 5.41) is 5.66. The summed E-state index contributed by atoms with van der Waals surface area (Å²) in [6, 6.07) is 7.53. The molecule has 0 spiro atoms. The van der Waals surface area contributed by atoms with Crippen LogP contribution in [0.15, 0.2) is 42.6 Å². The number of rotatable bonds is 7. The minimum Gasteiger partial charge on any atom is -0.385 e. The fourth-order valence-corrected chi connectivity index (χ4v) is 2.05. The monoisotopic (exact) mass is 353 g/mol. The Hall–Kier alpha value is -2.61. The van der Waals surface area contributed by atoms with E-state index < -0.39 is 17.6 Å². The number of hydrogen-bond donors (Lipinski definition) is 2. The van der Waals surface area contributed by atoms with Crippen LogP contribution in [-0.4, -0.2) is 31.2 Å². The van der Waals surface area contributed by atoms with Crippen molar-refractivity contribution in [2.24, 2.45) is 0 Å². The maximum absolute atomic E-state index is 12.5. The first-order valence-corrected chi connectivity index (χ1v) is 7.57. The van der Waals surface area contributed by atoms with Crippen molar-refractivity contribution in [1.82, 2.24) is 4.98 Å². The molecule has 2 rings (SSSR count). The highest BCUT2D eigenvalue weighted by atomic mass is 19.4. The number of halogens is 3. The van der Waals surface area contributed by atoms with Gasteiger partial charge in [-0.15, -0.1) is 0 Å². The minimum absolute atomic E-state index is 0.164. The summed E-state index contributed by atoms with van der Waals surface area (Å²) in [7, 11) is 1.62. The fourth-order valence-electron chi connectivity index (χ4n) is 2.05. The lowest BCUT2D eigenvalue weighted by Gasteiger charge is -2.10. The summed E-state index contributed by atoms with van der Waals surface area (Å²) >= 11 is 0. The van der Waals surface area contributed by atoms with Gasteiger partial charge in [-0.2, -0.15) is 13.2 Å². The number of hydrogen-bond acceptors (Lipinski definition) is 4. The Morgan fingerprint density at radius 1 is 1.16 bits per heavy atom. The lowest BCUT2D eigenvalue weighted by Crippen LogP contribution is -2.14. The maximum atomic E-state index is 12.5. The number of ether oxygens (including phenoxy) is 1. The van der Waals surface area contributed by atoms with Gasteiger partial charge < -0.3 is 15.4 Å². The van der Waals surface area contributed by atoms with E-state index in [1.165, 1.54) is 18.3 Å². The molecule has 1 aromatic carbocycles. The van der Waals surface area contributed by atoms with Crippen LogP contribution in [0.25, 0.3) is 0 Å². The predicted octanol–water partition coefficient (Wildman–Crippen LogP) is 3.80. The summed E-state index contributed by atoms with van der Waals surface area (Å²) in [4.78, 5) is 16.2. The van der Waals surface area contributed by atoms with E-state index in [-0.39, 0.29) is 11.4 Å². The van der Waals surface area contributed by atoms with E-state index in [4.69, 9.17) is 4.74 Å². The van der Waals surface area contributed by atoms with Gasteiger partial charge in [0.2, 0.25) is 0 Å². The highest BCUT2D eigenvalue weighted by Gasteiger charge is 2.30. The number of methoxy groups -OCH3 is 1. The number of nitrogens with zero attached hydrogens (tertiary/aromatic N) is 1. The van der Waals surface area contributed by atoms with Crippen molar-refractivity contribution >= 4 is 17.3 Å². The third kappa shape index (κ3) is 5.75. The molecule has 0 atom stereocenters. The van der Waals surface area contributed by atoms with Gasteiger partial charge in [-0.25, -0.2) is 0 Å². The number of nitrogens with one attached hydrogen (secondary N) is 2. The topological polar surface area (TPSA) is 63.2 Å². The van der Waals surface area contributed by atoms with Crippen molar-refractivity contribution in [2.75, 3.05) is 30.9 Å². The average molecular weight is 353 g/mol. The third-order valence-corrected chi connectivity index (χ3v) is 3.32. The number of carbonyl (C=O) groups is 1. The molecule has 0 saturated carbocycles. The van der Waals surface area contributed by atoms with Crippen LogP contribution in [-0.2, 0) is 10.9 Å². The fraction of sp³-hybridized carbons (Fsp3) is 0.294. The standard InChI is InChI=1S/C17H18F3N3O2/c1-25-10-2-8-21-14-7-9-22-15(11-14)16(24)23-13-5-3-12(4-6-13)17(18,19)20/h3-7,9,11H,2,8,10H2,1H3,(H,21,22)(H,23,24). The normalized spacial score (nSPS) is 11.2. The molecule has 2 N–H and O–H groups in total. The van der Waals surface area contributed by atoms with Gasteiger partial charge in [0.25, 0.3) is 5.91 Å². The largest absolute Gasteiger partial charge is 0.416 e. The molecule has 0 aliphatic heterocycles. The molecule has 0 unspecified atom stereocenters. The summed E-state index contributed by atoms with van der Waals surface area (Å²) in [5.41, 5.74) is 0.379. The van der Waals surface area contributed by atoms with Gasteiger partial charge in [-0.1, -0.05) is 0 Å². The van der Waals surface area contributed by atoms with Gasteiger partial charge in [-0.05, 0) is 42.8 Å². The van der Waals surface area contributed by atoms with E-state index >= 15 is 0 Å². The zero-order valence-electron chi connectivity index (χ0n) is 13.6. The van der Waals surface area contributed by atoms with E-state index in [9.17, 15) is 18.0 Å². The van der Waals surface area contributed by atoms with E-state index in [0.29, 0.717) is 13.2 Å². The number of pyridine rings is 1. The summed E-state index contributed by atoms with van der Waals surface area (Å²) < 4.78 is 42.5. The smallest absolute Gasteiger partial charge is 0.385 e. The Labute approximate surface area is 143 Å². The second-order valence-electron chi connectivity index (χ2n) is 5.23. The predicted molar refractivity (Wildman–Crippen MR) is 88.6 cm³/mol. The number of carbonyl (C=O) groups excluding carboxylic acids is 1. The molecule has 0 aliphatic rings. The molecule has 0 radical (unpaired) electrons. The Morgan fingerprint density at radius 3 is 2.52 bits per heavy atom. The summed E-state index contributed by atoms with van der Waals surface area (Å²) in [6.07, 6.45) is -2.11. The summed E-state index contributed by atoms with van der Waals surface area (Å²) in [6.45, 7) is 1.30. The minimum atomic E-state index is -4.41. The lowest BCUT2D eigenvalue weighted by molar-refractivity contribution is -0.137. The van der Waals surface area contributed by atoms with Crippen LogP contribution in [0.5, 0.6) is 0 Å². The molecule has 0 aliphatic carbocycles. The van der Waals surface area contributed by atoms with Gasteiger partial charge in [0, 0.05) is 37.8 Å². The Balaban J connectivity index is 1.98. The van der Waals surface area contributed by atoms with Crippen LogP contribution >= 0.6 is 0 Å². The molecule has 25 heavy (non-hydrogen) atoms. The molecular weight excluding hydrogens is 335 g/mol. The number of benzene rings is 1. The molecule has 0 fully saturated rings. The Bertz CT molecular complexity index is 703. The van der Waals surface area contributed by atoms with Gasteiger partial charge in [0.15, 0.2) is 0 Å². The highest BCUT2D eigenvalue weighted by Crippen LogP contribution is 2.29. The molecule has 0 bridgehead atoms. The van der Waals surface area contributed by atoms with Gasteiger partial charge >= 0.3 is 6.18 Å². The first-order chi connectivity index (χ1) is 11.9. The van der Waals surface area contributed by atoms with Crippen LogP contribution in [0.3, 0.4) is 0 Å². The first-order valence-electron chi connectivity index (χ1n) is 7.57. The van der Waals surface area contributed by atoms with Crippen LogP contribution in [0.1, 0.15) is 22.5 Å². The van der Waals surface area contributed by atoms with Crippen molar-refractivity contribution in [1.29, 1.82) is 0 Å². The molecule has 0 saturated heterocycles.